The van der Waals surface area contributed by atoms with E-state index < -0.39 is 0 Å². The summed E-state index contributed by atoms with van der Waals surface area (Å²) in [5, 5.41) is 3.80. The lowest BCUT2D eigenvalue weighted by Crippen LogP contribution is -2.34. The zero-order valence-corrected chi connectivity index (χ0v) is 12.9. The molecule has 0 aromatic heterocycles. The standard InChI is InChI=1S/C17H27NO/c1-11-6-9-17(19-5)15(10-11)14(4)18-16-8-7-12(2)13(16)3/h6,9-10,12-14,16,18H,7-8H2,1-5H3. The Morgan fingerprint density at radius 3 is 2.58 bits per heavy atom. The van der Waals surface area contributed by atoms with Crippen molar-refractivity contribution in [3.63, 3.8) is 0 Å². The molecule has 0 saturated heterocycles. The van der Waals surface area contributed by atoms with Gasteiger partial charge in [-0.3, -0.25) is 0 Å². The van der Waals surface area contributed by atoms with Gasteiger partial charge < -0.3 is 10.1 Å². The number of hydrogen-bond donors (Lipinski definition) is 1. The van der Waals surface area contributed by atoms with Crippen LogP contribution in [0.15, 0.2) is 18.2 Å². The van der Waals surface area contributed by atoms with E-state index in [-0.39, 0.29) is 0 Å². The second kappa shape index (κ2) is 5.96. The summed E-state index contributed by atoms with van der Waals surface area (Å²) < 4.78 is 5.49. The maximum absolute atomic E-state index is 5.49. The Bertz CT molecular complexity index is 429. The molecule has 1 aliphatic rings. The van der Waals surface area contributed by atoms with Gasteiger partial charge in [0.15, 0.2) is 0 Å². The molecule has 0 aliphatic heterocycles. The van der Waals surface area contributed by atoms with E-state index in [9.17, 15) is 0 Å². The van der Waals surface area contributed by atoms with Crippen LogP contribution in [0, 0.1) is 18.8 Å². The molecule has 1 N–H and O–H groups in total. The molecule has 2 rings (SSSR count). The summed E-state index contributed by atoms with van der Waals surface area (Å²) in [6.07, 6.45) is 2.64. The number of nitrogens with one attached hydrogen (secondary N) is 1. The van der Waals surface area contributed by atoms with Gasteiger partial charge in [-0.05, 0) is 44.6 Å². The molecule has 106 valence electrons. The third-order valence-corrected chi connectivity index (χ3v) is 4.78. The molecule has 2 nitrogen and oxygen atoms in total. The summed E-state index contributed by atoms with van der Waals surface area (Å²) in [5.41, 5.74) is 2.56. The average Bonchev–Trinajstić information content (AvgIpc) is 2.70. The molecule has 0 amide bonds. The summed E-state index contributed by atoms with van der Waals surface area (Å²) in [6.45, 7) is 9.11. The van der Waals surface area contributed by atoms with E-state index >= 15 is 0 Å². The molecule has 4 unspecified atom stereocenters. The third-order valence-electron chi connectivity index (χ3n) is 4.78. The lowest BCUT2D eigenvalue weighted by Gasteiger charge is -2.25. The molecular weight excluding hydrogens is 234 g/mol. The number of ether oxygens (including phenoxy) is 1. The number of rotatable bonds is 4. The van der Waals surface area contributed by atoms with E-state index in [2.05, 4.69) is 51.2 Å². The fourth-order valence-electron chi connectivity index (χ4n) is 3.20. The second-order valence-corrected chi connectivity index (χ2v) is 6.15. The van der Waals surface area contributed by atoms with Crippen LogP contribution in [0.5, 0.6) is 5.75 Å². The van der Waals surface area contributed by atoms with Crippen molar-refractivity contribution in [3.8, 4) is 5.75 Å². The molecule has 4 atom stereocenters. The summed E-state index contributed by atoms with van der Waals surface area (Å²) in [5.74, 6) is 2.59. The Kier molecular flexibility index (Phi) is 4.51. The van der Waals surface area contributed by atoms with Crippen LogP contribution in [0.1, 0.15) is 50.8 Å². The minimum Gasteiger partial charge on any atom is -0.496 e. The molecule has 19 heavy (non-hydrogen) atoms. The number of hydrogen-bond acceptors (Lipinski definition) is 2. The van der Waals surface area contributed by atoms with Crippen LogP contribution >= 0.6 is 0 Å². The highest BCUT2D eigenvalue weighted by molar-refractivity contribution is 5.38. The molecule has 0 bridgehead atoms. The Morgan fingerprint density at radius 1 is 1.26 bits per heavy atom. The van der Waals surface area contributed by atoms with Crippen molar-refractivity contribution in [2.24, 2.45) is 11.8 Å². The van der Waals surface area contributed by atoms with E-state index in [0.717, 1.165) is 17.6 Å². The first kappa shape index (κ1) is 14.4. The van der Waals surface area contributed by atoms with Gasteiger partial charge in [0.1, 0.15) is 5.75 Å². The lowest BCUT2D eigenvalue weighted by molar-refractivity contribution is 0.340. The van der Waals surface area contributed by atoms with Gasteiger partial charge in [-0.25, -0.2) is 0 Å². The normalized spacial score (nSPS) is 28.4. The molecule has 0 radical (unpaired) electrons. The van der Waals surface area contributed by atoms with E-state index in [4.69, 9.17) is 4.74 Å². The van der Waals surface area contributed by atoms with Crippen molar-refractivity contribution in [3.05, 3.63) is 29.3 Å². The summed E-state index contributed by atoms with van der Waals surface area (Å²) in [6, 6.07) is 7.39. The Labute approximate surface area is 117 Å². The lowest BCUT2D eigenvalue weighted by atomic mass is 9.96. The zero-order chi connectivity index (χ0) is 14.0. The average molecular weight is 261 g/mol. The van der Waals surface area contributed by atoms with Crippen LogP contribution in [0.25, 0.3) is 0 Å². The van der Waals surface area contributed by atoms with E-state index in [1.807, 2.05) is 0 Å². The van der Waals surface area contributed by atoms with Crippen molar-refractivity contribution in [1.82, 2.24) is 5.32 Å². The number of benzene rings is 1. The maximum atomic E-state index is 5.49. The van der Waals surface area contributed by atoms with Crippen molar-refractivity contribution < 1.29 is 4.74 Å². The topological polar surface area (TPSA) is 21.3 Å². The number of methoxy groups -OCH3 is 1. The van der Waals surface area contributed by atoms with Gasteiger partial charge in [0.2, 0.25) is 0 Å². The summed E-state index contributed by atoms with van der Waals surface area (Å²) in [4.78, 5) is 0. The fraction of sp³-hybridized carbons (Fsp3) is 0.647. The molecule has 1 aromatic carbocycles. The highest BCUT2D eigenvalue weighted by Gasteiger charge is 2.30. The largest absolute Gasteiger partial charge is 0.496 e. The monoisotopic (exact) mass is 261 g/mol. The first-order chi connectivity index (χ1) is 9.02. The van der Waals surface area contributed by atoms with Gasteiger partial charge in [0.25, 0.3) is 0 Å². The zero-order valence-electron chi connectivity index (χ0n) is 12.9. The van der Waals surface area contributed by atoms with Gasteiger partial charge in [0, 0.05) is 17.6 Å². The predicted molar refractivity (Wildman–Crippen MR) is 80.6 cm³/mol. The van der Waals surface area contributed by atoms with Gasteiger partial charge in [0.05, 0.1) is 7.11 Å². The van der Waals surface area contributed by atoms with Crippen LogP contribution < -0.4 is 10.1 Å². The molecule has 1 aliphatic carbocycles. The fourth-order valence-corrected chi connectivity index (χ4v) is 3.20. The van der Waals surface area contributed by atoms with Crippen LogP contribution in [-0.2, 0) is 0 Å². The van der Waals surface area contributed by atoms with Crippen molar-refractivity contribution in [1.29, 1.82) is 0 Å². The molecule has 1 saturated carbocycles. The van der Waals surface area contributed by atoms with Crippen molar-refractivity contribution in [2.75, 3.05) is 7.11 Å². The number of aryl methyl sites for hydroxylation is 1. The van der Waals surface area contributed by atoms with E-state index in [1.165, 1.54) is 24.0 Å². The highest BCUT2D eigenvalue weighted by Crippen LogP contribution is 2.34. The summed E-state index contributed by atoms with van der Waals surface area (Å²) in [7, 11) is 1.75. The molecule has 1 fully saturated rings. The second-order valence-electron chi connectivity index (χ2n) is 6.15. The quantitative estimate of drug-likeness (QED) is 0.881. The molecule has 1 aromatic rings. The minimum absolute atomic E-state index is 0.340. The van der Waals surface area contributed by atoms with E-state index in [1.54, 1.807) is 7.11 Å². The molecule has 0 spiro atoms. The first-order valence-corrected chi connectivity index (χ1v) is 7.43. The Balaban J connectivity index is 2.11. The van der Waals surface area contributed by atoms with Crippen LogP contribution in [0.4, 0.5) is 0 Å². The Morgan fingerprint density at radius 2 is 2.00 bits per heavy atom. The van der Waals surface area contributed by atoms with E-state index in [0.29, 0.717) is 12.1 Å². The maximum Gasteiger partial charge on any atom is 0.123 e. The first-order valence-electron chi connectivity index (χ1n) is 7.43. The smallest absolute Gasteiger partial charge is 0.123 e. The van der Waals surface area contributed by atoms with Gasteiger partial charge in [-0.1, -0.05) is 31.5 Å². The van der Waals surface area contributed by atoms with Crippen LogP contribution in [0.3, 0.4) is 0 Å². The molecule has 2 heteroatoms. The van der Waals surface area contributed by atoms with Gasteiger partial charge in [-0.15, -0.1) is 0 Å². The molecular formula is C17H27NO. The van der Waals surface area contributed by atoms with Crippen LogP contribution in [-0.4, -0.2) is 13.2 Å². The molecule has 0 heterocycles. The van der Waals surface area contributed by atoms with Gasteiger partial charge in [-0.2, -0.15) is 0 Å². The summed E-state index contributed by atoms with van der Waals surface area (Å²) >= 11 is 0. The van der Waals surface area contributed by atoms with Crippen molar-refractivity contribution >= 4 is 0 Å². The SMILES string of the molecule is COc1ccc(C)cc1C(C)NC1CCC(C)C1C. The third kappa shape index (κ3) is 3.11. The predicted octanol–water partition coefficient (Wildman–Crippen LogP) is 4.09. The van der Waals surface area contributed by atoms with Gasteiger partial charge >= 0.3 is 0 Å². The highest BCUT2D eigenvalue weighted by atomic mass is 16.5. The van der Waals surface area contributed by atoms with Crippen LogP contribution in [0.2, 0.25) is 0 Å². The Hall–Kier alpha value is -1.02. The van der Waals surface area contributed by atoms with Crippen molar-refractivity contribution in [2.45, 2.75) is 52.6 Å². The minimum atomic E-state index is 0.340.